The summed E-state index contributed by atoms with van der Waals surface area (Å²) in [4.78, 5) is 72.2. The number of fused-ring (bicyclic) bond motifs is 2. The zero-order chi connectivity index (χ0) is 42.6. The Labute approximate surface area is 353 Å². The van der Waals surface area contributed by atoms with E-state index in [0.29, 0.717) is 77.8 Å². The van der Waals surface area contributed by atoms with Gasteiger partial charge in [0.25, 0.3) is 11.8 Å². The van der Waals surface area contributed by atoms with Crippen molar-refractivity contribution in [3.8, 4) is 0 Å². The van der Waals surface area contributed by atoms with Crippen molar-refractivity contribution in [1.82, 2.24) is 29.7 Å². The number of nitrogens with zero attached hydrogens (tertiary/aromatic N) is 4. The van der Waals surface area contributed by atoms with Gasteiger partial charge in [-0.2, -0.15) is 0 Å². The predicted octanol–water partition coefficient (Wildman–Crippen LogP) is 8.26. The van der Waals surface area contributed by atoms with Gasteiger partial charge >= 0.3 is 11.9 Å². The van der Waals surface area contributed by atoms with E-state index in [4.69, 9.17) is 9.97 Å². The molecule has 0 radical (unpaired) electrons. The Morgan fingerprint density at radius 2 is 1.07 bits per heavy atom. The van der Waals surface area contributed by atoms with Crippen molar-refractivity contribution in [3.05, 3.63) is 118 Å². The van der Waals surface area contributed by atoms with Crippen molar-refractivity contribution in [1.29, 1.82) is 0 Å². The second-order valence-corrected chi connectivity index (χ2v) is 16.6. The maximum atomic E-state index is 13.4. The van der Waals surface area contributed by atoms with E-state index < -0.39 is 11.9 Å². The molecule has 2 amide bonds. The first-order valence-corrected chi connectivity index (χ1v) is 21.3. The van der Waals surface area contributed by atoms with Gasteiger partial charge < -0.3 is 30.8 Å². The van der Waals surface area contributed by atoms with Crippen LogP contribution in [-0.4, -0.2) is 88.9 Å². The molecular weight excluding hydrogens is 773 g/mol. The summed E-state index contributed by atoms with van der Waals surface area (Å²) in [7, 11) is 0. The molecule has 6 aromatic rings. The molecule has 4 aromatic carbocycles. The SMILES string of the molecule is C[C@H]1CCCN1Cc1nc2cc(NC(=O)c3ccc(C(=O)O)c(CCCCCc4cc(C(=O)Nc5ccc6[nH]c(CN7CCC[C@@H]7C)nc6c5)ccc4C(=O)O)c3)ccc2[nH]1. The molecule has 0 unspecified atom stereocenters. The Hall–Kier alpha value is -6.38. The third kappa shape index (κ3) is 9.66. The number of hydrogen-bond acceptors (Lipinski definition) is 8. The molecule has 0 aliphatic carbocycles. The second kappa shape index (κ2) is 18.1. The van der Waals surface area contributed by atoms with Gasteiger partial charge in [-0.3, -0.25) is 19.4 Å². The predicted molar refractivity (Wildman–Crippen MR) is 234 cm³/mol. The fourth-order valence-corrected chi connectivity index (χ4v) is 8.78. The molecule has 2 saturated heterocycles. The van der Waals surface area contributed by atoms with Crippen LogP contribution in [0.4, 0.5) is 11.4 Å². The van der Waals surface area contributed by atoms with Crippen LogP contribution in [-0.2, 0) is 25.9 Å². The average molecular weight is 825 g/mol. The summed E-state index contributed by atoms with van der Waals surface area (Å²) in [5.74, 6) is -1.10. The number of carboxylic acids is 2. The van der Waals surface area contributed by atoms with E-state index in [9.17, 15) is 29.4 Å². The number of carbonyl (C=O) groups is 4. The van der Waals surface area contributed by atoms with Crippen molar-refractivity contribution in [2.75, 3.05) is 23.7 Å². The molecule has 316 valence electrons. The minimum atomic E-state index is -1.08. The normalized spacial score (nSPS) is 17.0. The van der Waals surface area contributed by atoms with Crippen LogP contribution in [0.5, 0.6) is 0 Å². The minimum absolute atomic E-state index is 0.129. The number of carbonyl (C=O) groups excluding carboxylic acids is 2. The lowest BCUT2D eigenvalue weighted by Crippen LogP contribution is -2.26. The van der Waals surface area contributed by atoms with Crippen LogP contribution in [0.25, 0.3) is 22.1 Å². The number of aromatic carboxylic acids is 2. The number of rotatable bonds is 16. The summed E-state index contributed by atoms with van der Waals surface area (Å²) < 4.78 is 0. The fraction of sp³-hybridized carbons (Fsp3) is 0.362. The minimum Gasteiger partial charge on any atom is -0.478 e. The lowest BCUT2D eigenvalue weighted by molar-refractivity contribution is 0.0684. The van der Waals surface area contributed by atoms with Gasteiger partial charge in [0.1, 0.15) is 11.6 Å². The van der Waals surface area contributed by atoms with E-state index in [1.54, 1.807) is 12.1 Å². The molecule has 0 saturated carbocycles. The Morgan fingerprint density at radius 1 is 0.623 bits per heavy atom. The number of aromatic amines is 2. The molecule has 2 atom stereocenters. The molecule has 2 aromatic heterocycles. The molecule has 0 spiro atoms. The number of aryl methyl sites for hydroxylation is 2. The molecule has 2 fully saturated rings. The number of carboxylic acid groups (broad SMARTS) is 2. The molecule has 14 heteroatoms. The zero-order valence-electron chi connectivity index (χ0n) is 34.6. The number of unbranched alkanes of at least 4 members (excludes halogenated alkanes) is 2. The summed E-state index contributed by atoms with van der Waals surface area (Å²) in [6.07, 6.45) is 7.44. The van der Waals surface area contributed by atoms with Gasteiger partial charge in [0.15, 0.2) is 0 Å². The molecular formula is C47H52N8O6. The lowest BCUT2D eigenvalue weighted by Gasteiger charge is -2.19. The second-order valence-electron chi connectivity index (χ2n) is 16.6. The summed E-state index contributed by atoms with van der Waals surface area (Å²) >= 11 is 0. The molecule has 2 aliphatic heterocycles. The largest absolute Gasteiger partial charge is 0.478 e. The molecule has 61 heavy (non-hydrogen) atoms. The molecule has 6 N–H and O–H groups in total. The Balaban J connectivity index is 0.867. The van der Waals surface area contributed by atoms with Crippen LogP contribution in [0.2, 0.25) is 0 Å². The number of amides is 2. The van der Waals surface area contributed by atoms with Crippen molar-refractivity contribution in [3.63, 3.8) is 0 Å². The van der Waals surface area contributed by atoms with Gasteiger partial charge in [-0.05, 0) is 162 Å². The Kier molecular flexibility index (Phi) is 12.3. The summed E-state index contributed by atoms with van der Waals surface area (Å²) in [5, 5.41) is 25.7. The van der Waals surface area contributed by atoms with Gasteiger partial charge in [0.2, 0.25) is 0 Å². The lowest BCUT2D eigenvalue weighted by atomic mass is 9.95. The highest BCUT2D eigenvalue weighted by molar-refractivity contribution is 6.06. The molecule has 4 heterocycles. The van der Waals surface area contributed by atoms with Gasteiger partial charge in [-0.25, -0.2) is 19.6 Å². The third-order valence-electron chi connectivity index (χ3n) is 12.3. The highest BCUT2D eigenvalue weighted by Gasteiger charge is 2.23. The van der Waals surface area contributed by atoms with E-state index in [0.717, 1.165) is 59.9 Å². The van der Waals surface area contributed by atoms with E-state index in [2.05, 4.69) is 44.2 Å². The molecule has 2 aliphatic rings. The average Bonchev–Trinajstić information content (AvgIpc) is 4.04. The number of imidazole rings is 2. The smallest absolute Gasteiger partial charge is 0.335 e. The summed E-state index contributed by atoms with van der Waals surface area (Å²) in [6, 6.07) is 21.4. The first kappa shape index (κ1) is 41.4. The van der Waals surface area contributed by atoms with Crippen LogP contribution in [0, 0.1) is 0 Å². The molecule has 14 nitrogen and oxygen atoms in total. The van der Waals surface area contributed by atoms with Crippen LogP contribution in [0.15, 0.2) is 72.8 Å². The van der Waals surface area contributed by atoms with Crippen molar-refractivity contribution in [2.45, 2.75) is 96.8 Å². The monoisotopic (exact) mass is 824 g/mol. The van der Waals surface area contributed by atoms with Crippen LogP contribution >= 0.6 is 0 Å². The van der Waals surface area contributed by atoms with E-state index in [1.807, 2.05) is 36.4 Å². The van der Waals surface area contributed by atoms with E-state index in [1.165, 1.54) is 49.9 Å². The summed E-state index contributed by atoms with van der Waals surface area (Å²) in [6.45, 7) is 8.07. The van der Waals surface area contributed by atoms with E-state index >= 15 is 0 Å². The van der Waals surface area contributed by atoms with Crippen molar-refractivity contribution >= 4 is 57.2 Å². The maximum Gasteiger partial charge on any atom is 0.335 e. The standard InChI is InChI=1S/C47H52N8O6/c1-28-8-6-20-54(28)26-42-50-38-18-14-34(24-40(38)52-42)48-44(56)32-12-16-36(46(58)59)30(22-32)10-4-3-5-11-31-23-33(13-17-37(31)47(60)61)45(57)49-35-15-19-39-41(25-35)53-43(51-39)27-55-21-7-9-29(55)2/h12-19,22-25,28-29H,3-11,20-21,26-27H2,1-2H3,(H,48,56)(H,49,57)(H,50,52)(H,51,53)(H,58,59)(H,60,61)/t28-,29-/m0/s1. The van der Waals surface area contributed by atoms with Crippen LogP contribution in [0.1, 0.15) is 123 Å². The molecule has 8 rings (SSSR count). The zero-order valence-corrected chi connectivity index (χ0v) is 34.6. The number of likely N-dealkylation sites (tertiary alicyclic amines) is 2. The van der Waals surface area contributed by atoms with Crippen LogP contribution < -0.4 is 10.6 Å². The quantitative estimate of drug-likeness (QED) is 0.0517. The number of anilines is 2. The Morgan fingerprint density at radius 3 is 1.46 bits per heavy atom. The highest BCUT2D eigenvalue weighted by atomic mass is 16.4. The fourth-order valence-electron chi connectivity index (χ4n) is 8.78. The van der Waals surface area contributed by atoms with Crippen molar-refractivity contribution in [2.24, 2.45) is 0 Å². The number of nitrogens with one attached hydrogen (secondary N) is 4. The number of benzene rings is 4. The van der Waals surface area contributed by atoms with Crippen molar-refractivity contribution < 1.29 is 29.4 Å². The first-order chi connectivity index (χ1) is 29.5. The maximum absolute atomic E-state index is 13.4. The highest BCUT2D eigenvalue weighted by Crippen LogP contribution is 2.26. The van der Waals surface area contributed by atoms with Crippen LogP contribution in [0.3, 0.4) is 0 Å². The first-order valence-electron chi connectivity index (χ1n) is 21.3. The van der Waals surface area contributed by atoms with Gasteiger partial charge in [0, 0.05) is 34.6 Å². The summed E-state index contributed by atoms with van der Waals surface area (Å²) in [5.41, 5.74) is 6.49. The third-order valence-corrected chi connectivity index (χ3v) is 12.3. The van der Waals surface area contributed by atoms with Gasteiger partial charge in [-0.15, -0.1) is 0 Å². The van der Waals surface area contributed by atoms with Gasteiger partial charge in [0.05, 0.1) is 46.3 Å². The topological polar surface area (TPSA) is 197 Å². The van der Waals surface area contributed by atoms with Gasteiger partial charge in [-0.1, -0.05) is 6.42 Å². The molecule has 0 bridgehead atoms. The number of aromatic nitrogens is 4. The number of hydrogen-bond donors (Lipinski definition) is 6. The van der Waals surface area contributed by atoms with E-state index in [-0.39, 0.29) is 22.9 Å². The Bertz CT molecular complexity index is 2440. The number of H-pyrrole nitrogens is 2.